The Balaban J connectivity index is 1.33. The Bertz CT molecular complexity index is 1800. The van der Waals surface area contributed by atoms with E-state index in [1.165, 1.54) is 4.90 Å². The van der Waals surface area contributed by atoms with Crippen LogP contribution in [0.1, 0.15) is 57.6 Å². The van der Waals surface area contributed by atoms with Gasteiger partial charge in [0.1, 0.15) is 30.4 Å². The van der Waals surface area contributed by atoms with E-state index in [1.54, 1.807) is 21.7 Å². The smallest absolute Gasteiger partial charge is 0.306 e. The highest BCUT2D eigenvalue weighted by molar-refractivity contribution is 5.99. The van der Waals surface area contributed by atoms with Gasteiger partial charge < -0.3 is 29.7 Å². The third-order valence-corrected chi connectivity index (χ3v) is 10.5. The molecule has 3 amide bonds. The lowest BCUT2D eigenvalue weighted by Gasteiger charge is -2.39. The number of aliphatic hydroxyl groups is 1. The molecule has 2 bridgehead atoms. The topological polar surface area (TPSA) is 156 Å². The van der Waals surface area contributed by atoms with Crippen LogP contribution in [0.3, 0.4) is 0 Å². The lowest BCUT2D eigenvalue weighted by Crippen LogP contribution is -2.59. The first-order chi connectivity index (χ1) is 25.1. The zero-order chi connectivity index (χ0) is 37.0. The summed E-state index contributed by atoms with van der Waals surface area (Å²) in [6.07, 6.45) is 4.58. The SMILES string of the molecule is C=CCCC(=O)OC[C@H](NC(=O)[C@@H]1[C@H]2C(=O)N([C@@H](CO)CC(C)C)[C@H](C(=O)N(CC=C)Cn3nnc4ccccc43)[C@]23CC[C@H]1O3)c1ccccc1. The lowest BCUT2D eigenvalue weighted by molar-refractivity contribution is -0.152. The molecule has 1 aromatic heterocycles. The number of nitrogens with zero attached hydrogens (tertiary/aromatic N) is 5. The molecule has 0 radical (unpaired) electrons. The summed E-state index contributed by atoms with van der Waals surface area (Å²) < 4.78 is 13.9. The Hall–Kier alpha value is -4.88. The zero-order valence-electron chi connectivity index (χ0n) is 29.8. The fraction of sp³-hybridized carbons (Fsp3) is 0.487. The first kappa shape index (κ1) is 36.9. The van der Waals surface area contributed by atoms with E-state index in [4.69, 9.17) is 9.47 Å². The van der Waals surface area contributed by atoms with E-state index < -0.39 is 59.5 Å². The van der Waals surface area contributed by atoms with Crippen LogP contribution < -0.4 is 5.32 Å². The summed E-state index contributed by atoms with van der Waals surface area (Å²) in [5.41, 5.74) is 0.849. The largest absolute Gasteiger partial charge is 0.463 e. The second kappa shape index (κ2) is 15.8. The Morgan fingerprint density at radius 3 is 2.60 bits per heavy atom. The van der Waals surface area contributed by atoms with Gasteiger partial charge in [-0.15, -0.1) is 18.3 Å². The third-order valence-electron chi connectivity index (χ3n) is 10.5. The Labute approximate surface area is 303 Å². The fourth-order valence-corrected chi connectivity index (χ4v) is 8.26. The molecule has 3 aliphatic rings. The molecule has 7 atom stereocenters. The average molecular weight is 713 g/mol. The van der Waals surface area contributed by atoms with Crippen molar-refractivity contribution < 1.29 is 33.8 Å². The Morgan fingerprint density at radius 1 is 1.13 bits per heavy atom. The number of para-hydroxylation sites is 1. The van der Waals surface area contributed by atoms with Crippen molar-refractivity contribution in [3.05, 3.63) is 85.5 Å². The van der Waals surface area contributed by atoms with Crippen molar-refractivity contribution in [1.82, 2.24) is 30.1 Å². The number of rotatable bonds is 17. The second-order valence-electron chi connectivity index (χ2n) is 14.3. The van der Waals surface area contributed by atoms with Crippen LogP contribution >= 0.6 is 0 Å². The minimum Gasteiger partial charge on any atom is -0.463 e. The van der Waals surface area contributed by atoms with Crippen molar-refractivity contribution in [3.63, 3.8) is 0 Å². The van der Waals surface area contributed by atoms with Crippen molar-refractivity contribution in [2.24, 2.45) is 17.8 Å². The summed E-state index contributed by atoms with van der Waals surface area (Å²) in [6, 6.07) is 14.1. The highest BCUT2D eigenvalue weighted by Gasteiger charge is 2.75. The number of fused-ring (bicyclic) bond motifs is 2. The van der Waals surface area contributed by atoms with E-state index in [1.807, 2.05) is 68.4 Å². The van der Waals surface area contributed by atoms with Gasteiger partial charge >= 0.3 is 5.97 Å². The number of esters is 1. The van der Waals surface area contributed by atoms with Gasteiger partial charge in [0.15, 0.2) is 0 Å². The molecule has 2 aromatic carbocycles. The number of ether oxygens (including phenoxy) is 2. The molecule has 2 N–H and O–H groups in total. The van der Waals surface area contributed by atoms with E-state index in [-0.39, 0.29) is 44.7 Å². The van der Waals surface area contributed by atoms with Gasteiger partial charge in [0.05, 0.1) is 42.1 Å². The first-order valence-electron chi connectivity index (χ1n) is 18.0. The molecule has 3 saturated heterocycles. The van der Waals surface area contributed by atoms with E-state index >= 15 is 0 Å². The summed E-state index contributed by atoms with van der Waals surface area (Å²) in [7, 11) is 0. The molecule has 276 valence electrons. The molecule has 52 heavy (non-hydrogen) atoms. The number of hydrogen-bond acceptors (Lipinski definition) is 9. The Kier molecular flexibility index (Phi) is 11.2. The van der Waals surface area contributed by atoms with Gasteiger partial charge in [0.25, 0.3) is 0 Å². The van der Waals surface area contributed by atoms with Gasteiger partial charge in [-0.05, 0) is 49.3 Å². The Morgan fingerprint density at radius 2 is 1.88 bits per heavy atom. The van der Waals surface area contributed by atoms with Crippen molar-refractivity contribution >= 4 is 34.7 Å². The number of aliphatic hydroxyl groups excluding tert-OH is 1. The van der Waals surface area contributed by atoms with Crippen LogP contribution in [0, 0.1) is 17.8 Å². The molecule has 4 heterocycles. The number of likely N-dealkylation sites (tertiary alicyclic amines) is 1. The second-order valence-corrected chi connectivity index (χ2v) is 14.3. The maximum absolute atomic E-state index is 15.0. The van der Waals surface area contributed by atoms with Crippen molar-refractivity contribution in [1.29, 1.82) is 0 Å². The molecular weight excluding hydrogens is 664 g/mol. The van der Waals surface area contributed by atoms with Gasteiger partial charge in [-0.25, -0.2) is 4.68 Å². The number of carbonyl (C=O) groups is 4. The molecule has 3 fully saturated rings. The van der Waals surface area contributed by atoms with Gasteiger partial charge in [-0.2, -0.15) is 0 Å². The van der Waals surface area contributed by atoms with Crippen molar-refractivity contribution in [3.8, 4) is 0 Å². The number of amides is 3. The number of benzene rings is 2. The number of nitrogens with one attached hydrogen (secondary N) is 1. The van der Waals surface area contributed by atoms with Crippen LogP contribution in [0.2, 0.25) is 0 Å². The molecule has 13 nitrogen and oxygen atoms in total. The summed E-state index contributed by atoms with van der Waals surface area (Å²) >= 11 is 0. The maximum atomic E-state index is 15.0. The zero-order valence-corrected chi connectivity index (χ0v) is 29.8. The monoisotopic (exact) mass is 712 g/mol. The molecule has 3 aliphatic heterocycles. The highest BCUT2D eigenvalue weighted by Crippen LogP contribution is 2.59. The molecular formula is C39H48N6O7. The fourth-order valence-electron chi connectivity index (χ4n) is 8.26. The molecule has 0 aliphatic carbocycles. The van der Waals surface area contributed by atoms with Crippen LogP contribution in [0.25, 0.3) is 11.0 Å². The molecule has 3 aromatic rings. The number of allylic oxidation sites excluding steroid dienone is 1. The number of aromatic nitrogens is 3. The number of carbonyl (C=O) groups excluding carboxylic acids is 4. The summed E-state index contributed by atoms with van der Waals surface area (Å²) in [4.78, 5) is 59.6. The number of hydrogen-bond donors (Lipinski definition) is 2. The standard InChI is InChI=1S/C39H48N6O7/c1-5-7-17-32(47)51-23-29(26-13-9-8-10-14-26)40-36(48)33-31-18-19-39(52-31)34(33)37(49)45(27(22-46)21-25(3)4)35(39)38(50)43(20-6-2)24-44-30-16-12-11-15-28(30)41-42-44/h5-6,8-16,25,27,29,31,33-35,46H,1-2,7,17-24H2,3-4H3,(H,40,48)/t27-,29+,31-,33+,34+,35-,39+/m1/s1. The average Bonchev–Trinajstić information content (AvgIpc) is 3.90. The summed E-state index contributed by atoms with van der Waals surface area (Å²) in [5, 5.41) is 22.3. The van der Waals surface area contributed by atoms with E-state index in [0.29, 0.717) is 31.2 Å². The van der Waals surface area contributed by atoms with Crippen LogP contribution in [-0.2, 0) is 35.3 Å². The van der Waals surface area contributed by atoms with E-state index in [0.717, 1.165) is 11.1 Å². The normalized spacial score (nSPS) is 24.5. The van der Waals surface area contributed by atoms with Crippen LogP contribution in [0.4, 0.5) is 0 Å². The van der Waals surface area contributed by atoms with Crippen LogP contribution in [0.15, 0.2) is 79.9 Å². The lowest BCUT2D eigenvalue weighted by atomic mass is 9.70. The summed E-state index contributed by atoms with van der Waals surface area (Å²) in [5.74, 6) is -3.38. The molecule has 0 saturated carbocycles. The van der Waals surface area contributed by atoms with Gasteiger partial charge in [0, 0.05) is 13.0 Å². The van der Waals surface area contributed by atoms with Gasteiger partial charge in [-0.3, -0.25) is 19.2 Å². The predicted octanol–water partition coefficient (Wildman–Crippen LogP) is 3.55. The minimum atomic E-state index is -1.30. The first-order valence-corrected chi connectivity index (χ1v) is 18.0. The van der Waals surface area contributed by atoms with Crippen LogP contribution in [-0.4, -0.2) is 97.1 Å². The minimum absolute atomic E-state index is 0.0379. The van der Waals surface area contributed by atoms with Crippen molar-refractivity contribution in [2.75, 3.05) is 19.8 Å². The van der Waals surface area contributed by atoms with E-state index in [2.05, 4.69) is 28.8 Å². The quantitative estimate of drug-likeness (QED) is 0.158. The molecule has 1 spiro atoms. The van der Waals surface area contributed by atoms with Gasteiger partial charge in [0.2, 0.25) is 17.7 Å². The van der Waals surface area contributed by atoms with Crippen LogP contribution in [0.5, 0.6) is 0 Å². The van der Waals surface area contributed by atoms with E-state index in [9.17, 15) is 24.3 Å². The van der Waals surface area contributed by atoms with Crippen molar-refractivity contribution in [2.45, 2.75) is 82.5 Å². The molecule has 13 heteroatoms. The third kappa shape index (κ3) is 6.99. The summed E-state index contributed by atoms with van der Waals surface area (Å²) in [6.45, 7) is 11.2. The molecule has 6 rings (SSSR count). The predicted molar refractivity (Wildman–Crippen MR) is 192 cm³/mol. The maximum Gasteiger partial charge on any atom is 0.306 e. The highest BCUT2D eigenvalue weighted by atomic mass is 16.5. The molecule has 0 unspecified atom stereocenters. The van der Waals surface area contributed by atoms with Gasteiger partial charge in [-0.1, -0.05) is 73.7 Å².